The number of nitrogens with zero attached hydrogens (tertiary/aromatic N) is 1. The van der Waals surface area contributed by atoms with Crippen molar-refractivity contribution in [1.82, 2.24) is 9.62 Å². The fourth-order valence-corrected chi connectivity index (χ4v) is 5.14. The van der Waals surface area contributed by atoms with Crippen molar-refractivity contribution in [2.75, 3.05) is 25.0 Å². The van der Waals surface area contributed by atoms with Gasteiger partial charge in [0.2, 0.25) is 10.0 Å². The molecule has 2 aliphatic rings. The number of sulfonamides is 1. The zero-order valence-electron chi connectivity index (χ0n) is 15.8. The summed E-state index contributed by atoms with van der Waals surface area (Å²) in [6, 6.07) is 5.49. The van der Waals surface area contributed by atoms with Gasteiger partial charge in [0.1, 0.15) is 0 Å². The van der Waals surface area contributed by atoms with Crippen molar-refractivity contribution in [3.63, 3.8) is 0 Å². The van der Waals surface area contributed by atoms with Crippen LogP contribution in [-0.4, -0.2) is 49.4 Å². The highest BCUT2D eigenvalue weighted by atomic mass is 32.2. The summed E-state index contributed by atoms with van der Waals surface area (Å²) in [6.07, 6.45) is 2.94. The average molecular weight is 394 g/mol. The maximum atomic E-state index is 12.2. The van der Waals surface area contributed by atoms with Gasteiger partial charge < -0.3 is 10.6 Å². The van der Waals surface area contributed by atoms with Crippen LogP contribution in [0.15, 0.2) is 18.2 Å². The molecule has 1 aromatic rings. The third kappa shape index (κ3) is 4.87. The number of hydrogen-bond donors (Lipinski definition) is 2. The molecule has 1 heterocycles. The summed E-state index contributed by atoms with van der Waals surface area (Å²) in [6.45, 7) is 5.30. The Labute approximate surface area is 160 Å². The first-order chi connectivity index (χ1) is 12.8. The highest BCUT2D eigenvalue weighted by molar-refractivity contribution is 7.90. The molecule has 0 unspecified atom stereocenters. The molecule has 0 atom stereocenters. The van der Waals surface area contributed by atoms with Crippen molar-refractivity contribution in [2.24, 2.45) is 5.92 Å². The summed E-state index contributed by atoms with van der Waals surface area (Å²) in [5, 5.41) is 5.10. The Morgan fingerprint density at radius 1 is 1.04 bits per heavy atom. The zero-order chi connectivity index (χ0) is 19.6. The second kappa shape index (κ2) is 7.98. The molecule has 8 heteroatoms. The third-order valence-electron chi connectivity index (χ3n) is 5.40. The molecule has 0 radical (unpaired) electrons. The van der Waals surface area contributed by atoms with E-state index in [9.17, 15) is 18.0 Å². The molecule has 2 fully saturated rings. The molecule has 1 aliphatic carbocycles. The molecule has 1 aliphatic heterocycles. The zero-order valence-corrected chi connectivity index (χ0v) is 16.6. The topological polar surface area (TPSA) is 95.6 Å². The number of carbonyl (C=O) groups excluding carboxylic acids is 2. The minimum absolute atomic E-state index is 0.178. The van der Waals surface area contributed by atoms with Gasteiger partial charge >= 0.3 is 11.8 Å². The van der Waals surface area contributed by atoms with E-state index in [1.165, 1.54) is 0 Å². The van der Waals surface area contributed by atoms with Gasteiger partial charge in [-0.3, -0.25) is 9.59 Å². The second-order valence-corrected chi connectivity index (χ2v) is 9.76. The number of nitrogens with one attached hydrogen (secondary N) is 2. The van der Waals surface area contributed by atoms with Gasteiger partial charge in [0, 0.05) is 25.3 Å². The van der Waals surface area contributed by atoms with Crippen molar-refractivity contribution in [3.05, 3.63) is 29.3 Å². The molecular formula is C19H27N3O4S. The fraction of sp³-hybridized carbons (Fsp3) is 0.579. The average Bonchev–Trinajstić information content (AvgIpc) is 3.49. The van der Waals surface area contributed by atoms with E-state index in [4.69, 9.17) is 0 Å². The Morgan fingerprint density at radius 2 is 1.70 bits per heavy atom. The predicted molar refractivity (Wildman–Crippen MR) is 104 cm³/mol. The molecule has 1 aromatic carbocycles. The predicted octanol–water partition coefficient (Wildman–Crippen LogP) is 1.56. The molecule has 2 amide bonds. The van der Waals surface area contributed by atoms with E-state index in [0.29, 0.717) is 38.2 Å². The smallest absolute Gasteiger partial charge is 0.313 e. The van der Waals surface area contributed by atoms with Crippen molar-refractivity contribution in [3.8, 4) is 0 Å². The summed E-state index contributed by atoms with van der Waals surface area (Å²) in [4.78, 5) is 24.1. The first-order valence-electron chi connectivity index (χ1n) is 9.43. The Balaban J connectivity index is 1.42. The highest BCUT2D eigenvalue weighted by Gasteiger charge is 2.41. The van der Waals surface area contributed by atoms with Crippen LogP contribution < -0.4 is 10.6 Å². The molecule has 1 saturated heterocycles. The van der Waals surface area contributed by atoms with Gasteiger partial charge in [-0.15, -0.1) is 0 Å². The molecule has 2 N–H and O–H groups in total. The van der Waals surface area contributed by atoms with E-state index >= 15 is 0 Å². The van der Waals surface area contributed by atoms with Crippen LogP contribution in [0.1, 0.15) is 36.8 Å². The lowest BCUT2D eigenvalue weighted by molar-refractivity contribution is -0.136. The van der Waals surface area contributed by atoms with Gasteiger partial charge in [-0.25, -0.2) is 12.7 Å². The minimum Gasteiger partial charge on any atom is -0.348 e. The Hall–Kier alpha value is -1.93. The van der Waals surface area contributed by atoms with Crippen LogP contribution in [0, 0.1) is 19.8 Å². The molecule has 7 nitrogen and oxygen atoms in total. The van der Waals surface area contributed by atoms with Gasteiger partial charge in [0.05, 0.1) is 5.25 Å². The van der Waals surface area contributed by atoms with Gasteiger partial charge in [0.15, 0.2) is 0 Å². The Morgan fingerprint density at radius 3 is 2.30 bits per heavy atom. The van der Waals surface area contributed by atoms with Gasteiger partial charge in [0.25, 0.3) is 0 Å². The van der Waals surface area contributed by atoms with E-state index in [1.807, 2.05) is 26.0 Å². The number of piperidine rings is 1. The summed E-state index contributed by atoms with van der Waals surface area (Å²) in [7, 11) is -3.12. The molecule has 148 valence electrons. The second-order valence-electron chi connectivity index (χ2n) is 7.55. The van der Waals surface area contributed by atoms with E-state index in [-0.39, 0.29) is 11.2 Å². The van der Waals surface area contributed by atoms with Crippen LogP contribution >= 0.6 is 0 Å². The van der Waals surface area contributed by atoms with Gasteiger partial charge in [-0.2, -0.15) is 0 Å². The van der Waals surface area contributed by atoms with E-state index in [0.717, 1.165) is 24.0 Å². The van der Waals surface area contributed by atoms with Gasteiger partial charge in [-0.1, -0.05) is 6.07 Å². The monoisotopic (exact) mass is 393 g/mol. The summed E-state index contributed by atoms with van der Waals surface area (Å²) < 4.78 is 26.0. The number of aryl methyl sites for hydroxylation is 2. The minimum atomic E-state index is -3.12. The van der Waals surface area contributed by atoms with Crippen LogP contribution in [-0.2, 0) is 19.6 Å². The van der Waals surface area contributed by atoms with Crippen LogP contribution in [0.25, 0.3) is 0 Å². The summed E-state index contributed by atoms with van der Waals surface area (Å²) >= 11 is 0. The number of amides is 2. The lowest BCUT2D eigenvalue weighted by Crippen LogP contribution is -2.44. The number of hydrogen-bond acceptors (Lipinski definition) is 4. The lowest BCUT2D eigenvalue weighted by Gasteiger charge is -2.31. The molecule has 0 spiro atoms. The van der Waals surface area contributed by atoms with Crippen molar-refractivity contribution in [2.45, 2.75) is 44.8 Å². The number of anilines is 1. The maximum Gasteiger partial charge on any atom is 0.313 e. The van der Waals surface area contributed by atoms with Gasteiger partial charge in [-0.05, 0) is 68.7 Å². The van der Waals surface area contributed by atoms with Crippen molar-refractivity contribution < 1.29 is 18.0 Å². The largest absolute Gasteiger partial charge is 0.348 e. The van der Waals surface area contributed by atoms with E-state index in [1.54, 1.807) is 10.4 Å². The summed E-state index contributed by atoms with van der Waals surface area (Å²) in [5.74, 6) is -1.16. The quantitative estimate of drug-likeness (QED) is 0.742. The lowest BCUT2D eigenvalue weighted by atomic mass is 9.98. The third-order valence-corrected chi connectivity index (χ3v) is 7.80. The van der Waals surface area contributed by atoms with Crippen molar-refractivity contribution in [1.29, 1.82) is 0 Å². The van der Waals surface area contributed by atoms with Crippen LogP contribution in [0.3, 0.4) is 0 Å². The first-order valence-corrected chi connectivity index (χ1v) is 10.9. The first kappa shape index (κ1) is 19.8. The van der Waals surface area contributed by atoms with Crippen LogP contribution in [0.5, 0.6) is 0 Å². The molecule has 3 rings (SSSR count). The van der Waals surface area contributed by atoms with E-state index < -0.39 is 21.8 Å². The normalized spacial score (nSPS) is 18.9. The molecule has 27 heavy (non-hydrogen) atoms. The summed E-state index contributed by atoms with van der Waals surface area (Å²) in [5.41, 5.74) is 2.76. The van der Waals surface area contributed by atoms with Crippen LogP contribution in [0.2, 0.25) is 0 Å². The Bertz CT molecular complexity index is 825. The maximum absolute atomic E-state index is 12.2. The molecule has 0 bridgehead atoms. The number of benzene rings is 1. The highest BCUT2D eigenvalue weighted by Crippen LogP contribution is 2.33. The molecule has 1 saturated carbocycles. The number of carbonyl (C=O) groups is 2. The Kier molecular flexibility index (Phi) is 5.86. The van der Waals surface area contributed by atoms with Crippen molar-refractivity contribution >= 4 is 27.5 Å². The van der Waals surface area contributed by atoms with E-state index in [2.05, 4.69) is 10.6 Å². The fourth-order valence-electron chi connectivity index (χ4n) is 3.27. The SMILES string of the molecule is Cc1ccc(NC(=O)C(=O)NCC2CCN(S(=O)(=O)C3CC3)CC2)cc1C. The molecular weight excluding hydrogens is 366 g/mol. The number of rotatable bonds is 5. The van der Waals surface area contributed by atoms with Crippen LogP contribution in [0.4, 0.5) is 5.69 Å². The standard InChI is InChI=1S/C19H27N3O4S/c1-13-3-4-16(11-14(13)2)21-19(24)18(23)20-12-15-7-9-22(10-8-15)27(25,26)17-5-6-17/h3-4,11,15,17H,5-10,12H2,1-2H3,(H,20,23)(H,21,24). The molecule has 0 aromatic heterocycles.